The van der Waals surface area contributed by atoms with Gasteiger partial charge in [0.15, 0.2) is 9.84 Å². The van der Waals surface area contributed by atoms with Gasteiger partial charge >= 0.3 is 6.03 Å². The molecule has 0 unspecified atom stereocenters. The standard InChI is InChI=1S/C16H20N2O3S2/c1-2-10-17-16(19)18-12-14(13-7-4-3-5-8-13)23(20,21)15-9-6-11-22-15/h3-9,11,14H,2,10,12H2,1H3,(H2,17,18,19)/t14-/m0/s1. The predicted molar refractivity (Wildman–Crippen MR) is 92.4 cm³/mol. The molecule has 0 radical (unpaired) electrons. The summed E-state index contributed by atoms with van der Waals surface area (Å²) in [5, 5.41) is 6.26. The minimum atomic E-state index is -3.55. The first-order valence-electron chi connectivity index (χ1n) is 7.39. The van der Waals surface area contributed by atoms with Crippen LogP contribution in [-0.2, 0) is 9.84 Å². The van der Waals surface area contributed by atoms with E-state index in [4.69, 9.17) is 0 Å². The summed E-state index contributed by atoms with van der Waals surface area (Å²) in [6, 6.07) is 11.9. The minimum Gasteiger partial charge on any atom is -0.338 e. The van der Waals surface area contributed by atoms with E-state index in [0.717, 1.165) is 6.42 Å². The molecule has 0 fully saturated rings. The molecule has 1 aromatic heterocycles. The van der Waals surface area contributed by atoms with Gasteiger partial charge in [-0.2, -0.15) is 0 Å². The Morgan fingerprint density at radius 3 is 2.48 bits per heavy atom. The van der Waals surface area contributed by atoms with E-state index < -0.39 is 15.1 Å². The molecule has 0 spiro atoms. The van der Waals surface area contributed by atoms with Crippen molar-refractivity contribution in [2.24, 2.45) is 0 Å². The van der Waals surface area contributed by atoms with E-state index in [9.17, 15) is 13.2 Å². The van der Waals surface area contributed by atoms with Crippen molar-refractivity contribution in [1.82, 2.24) is 10.6 Å². The number of amides is 2. The molecule has 0 saturated heterocycles. The number of rotatable bonds is 7. The molecule has 5 nitrogen and oxygen atoms in total. The molecule has 0 aliphatic carbocycles. The van der Waals surface area contributed by atoms with E-state index >= 15 is 0 Å². The largest absolute Gasteiger partial charge is 0.338 e. The van der Waals surface area contributed by atoms with Gasteiger partial charge in [0.05, 0.1) is 0 Å². The molecule has 124 valence electrons. The van der Waals surface area contributed by atoms with Crippen molar-refractivity contribution >= 4 is 27.2 Å². The highest BCUT2D eigenvalue weighted by molar-refractivity contribution is 7.93. The number of carbonyl (C=O) groups is 1. The average Bonchev–Trinajstić information content (AvgIpc) is 3.09. The number of hydrogen-bond donors (Lipinski definition) is 2. The fraction of sp³-hybridized carbons (Fsp3) is 0.312. The maximum absolute atomic E-state index is 12.9. The summed E-state index contributed by atoms with van der Waals surface area (Å²) < 4.78 is 26.0. The Bertz CT molecular complexity index is 713. The van der Waals surface area contributed by atoms with Gasteiger partial charge in [-0.3, -0.25) is 0 Å². The topological polar surface area (TPSA) is 75.3 Å². The van der Waals surface area contributed by atoms with E-state index in [1.54, 1.807) is 41.8 Å². The Balaban J connectivity index is 2.22. The van der Waals surface area contributed by atoms with Gasteiger partial charge in [-0.1, -0.05) is 43.3 Å². The van der Waals surface area contributed by atoms with E-state index in [0.29, 0.717) is 16.3 Å². The fourth-order valence-electron chi connectivity index (χ4n) is 2.13. The third-order valence-electron chi connectivity index (χ3n) is 3.30. The number of hydrogen-bond acceptors (Lipinski definition) is 4. The summed E-state index contributed by atoms with van der Waals surface area (Å²) in [7, 11) is -3.55. The normalized spacial score (nSPS) is 12.6. The predicted octanol–water partition coefficient (Wildman–Crippen LogP) is 2.97. The maximum Gasteiger partial charge on any atom is 0.314 e. The highest BCUT2D eigenvalue weighted by Gasteiger charge is 2.30. The fourth-order valence-corrected chi connectivity index (χ4v) is 4.99. The molecule has 2 N–H and O–H groups in total. The van der Waals surface area contributed by atoms with Crippen molar-refractivity contribution in [3.05, 3.63) is 53.4 Å². The van der Waals surface area contributed by atoms with Gasteiger partial charge in [0, 0.05) is 13.1 Å². The van der Waals surface area contributed by atoms with E-state index in [-0.39, 0.29) is 12.6 Å². The van der Waals surface area contributed by atoms with Crippen LogP contribution in [0, 0.1) is 0 Å². The second-order valence-electron chi connectivity index (χ2n) is 5.01. The van der Waals surface area contributed by atoms with Gasteiger partial charge < -0.3 is 10.6 Å². The Labute approximate surface area is 140 Å². The third kappa shape index (κ3) is 4.56. The van der Waals surface area contributed by atoms with Crippen LogP contribution in [0.25, 0.3) is 0 Å². The highest BCUT2D eigenvalue weighted by atomic mass is 32.2. The second-order valence-corrected chi connectivity index (χ2v) is 8.32. The molecule has 0 aliphatic heterocycles. The summed E-state index contributed by atoms with van der Waals surface area (Å²) in [4.78, 5) is 11.7. The highest BCUT2D eigenvalue weighted by Crippen LogP contribution is 2.30. The number of sulfone groups is 1. The Hall–Kier alpha value is -1.86. The zero-order valence-corrected chi connectivity index (χ0v) is 14.5. The molecule has 2 amide bonds. The molecule has 0 saturated carbocycles. The van der Waals surface area contributed by atoms with Gasteiger partial charge in [-0.15, -0.1) is 11.3 Å². The second kappa shape index (κ2) is 8.12. The van der Waals surface area contributed by atoms with Crippen molar-refractivity contribution in [2.45, 2.75) is 22.8 Å². The van der Waals surface area contributed by atoms with Crippen LogP contribution in [0.3, 0.4) is 0 Å². The van der Waals surface area contributed by atoms with Crippen LogP contribution in [0.15, 0.2) is 52.1 Å². The van der Waals surface area contributed by atoms with Crippen molar-refractivity contribution in [2.75, 3.05) is 13.1 Å². The first kappa shape index (κ1) is 17.5. The van der Waals surface area contributed by atoms with Crippen molar-refractivity contribution in [3.8, 4) is 0 Å². The average molecular weight is 352 g/mol. The Morgan fingerprint density at radius 1 is 1.13 bits per heavy atom. The summed E-state index contributed by atoms with van der Waals surface area (Å²) in [5.41, 5.74) is 0.664. The molecule has 2 aromatic rings. The van der Waals surface area contributed by atoms with Crippen molar-refractivity contribution in [3.63, 3.8) is 0 Å². The quantitative estimate of drug-likeness (QED) is 0.804. The Kier molecular flexibility index (Phi) is 6.18. The van der Waals surface area contributed by atoms with Crippen LogP contribution in [0.5, 0.6) is 0 Å². The van der Waals surface area contributed by atoms with Crippen LogP contribution in [0.1, 0.15) is 24.2 Å². The lowest BCUT2D eigenvalue weighted by Crippen LogP contribution is -2.39. The monoisotopic (exact) mass is 352 g/mol. The SMILES string of the molecule is CCCNC(=O)NC[C@@H](c1ccccc1)S(=O)(=O)c1cccs1. The summed E-state index contributed by atoms with van der Waals surface area (Å²) >= 11 is 1.18. The number of nitrogens with one attached hydrogen (secondary N) is 2. The van der Waals surface area contributed by atoms with Crippen molar-refractivity contribution in [1.29, 1.82) is 0 Å². The molecule has 2 rings (SSSR count). The van der Waals surface area contributed by atoms with Gasteiger partial charge in [-0.05, 0) is 23.4 Å². The molecule has 23 heavy (non-hydrogen) atoms. The smallest absolute Gasteiger partial charge is 0.314 e. The zero-order chi connectivity index (χ0) is 16.7. The number of carbonyl (C=O) groups excluding carboxylic acids is 1. The maximum atomic E-state index is 12.9. The van der Waals surface area contributed by atoms with Gasteiger partial charge in [0.1, 0.15) is 9.46 Å². The van der Waals surface area contributed by atoms with E-state index in [2.05, 4.69) is 10.6 Å². The van der Waals surface area contributed by atoms with Gasteiger partial charge in [-0.25, -0.2) is 13.2 Å². The van der Waals surface area contributed by atoms with Crippen molar-refractivity contribution < 1.29 is 13.2 Å². The first-order chi connectivity index (χ1) is 11.1. The Morgan fingerprint density at radius 2 is 1.87 bits per heavy atom. The molecule has 0 aliphatic rings. The molecular weight excluding hydrogens is 332 g/mol. The zero-order valence-electron chi connectivity index (χ0n) is 12.9. The summed E-state index contributed by atoms with van der Waals surface area (Å²) in [6.45, 7) is 2.54. The van der Waals surface area contributed by atoms with Crippen LogP contribution in [-0.4, -0.2) is 27.5 Å². The molecule has 1 atom stereocenters. The van der Waals surface area contributed by atoms with E-state index in [1.807, 2.05) is 13.0 Å². The summed E-state index contributed by atoms with van der Waals surface area (Å²) in [5.74, 6) is 0. The number of urea groups is 1. The minimum absolute atomic E-state index is 0.0276. The number of benzene rings is 1. The first-order valence-corrected chi connectivity index (χ1v) is 9.82. The van der Waals surface area contributed by atoms with E-state index in [1.165, 1.54) is 11.3 Å². The molecule has 7 heteroatoms. The van der Waals surface area contributed by atoms with Crippen LogP contribution >= 0.6 is 11.3 Å². The van der Waals surface area contributed by atoms with Gasteiger partial charge in [0.25, 0.3) is 0 Å². The third-order valence-corrected chi connectivity index (χ3v) is 6.84. The lowest BCUT2D eigenvalue weighted by molar-refractivity contribution is 0.241. The van der Waals surface area contributed by atoms with Crippen LogP contribution in [0.4, 0.5) is 4.79 Å². The van der Waals surface area contributed by atoms with Crippen LogP contribution < -0.4 is 10.6 Å². The van der Waals surface area contributed by atoms with Crippen LogP contribution in [0.2, 0.25) is 0 Å². The molecule has 0 bridgehead atoms. The number of thiophene rings is 1. The lowest BCUT2D eigenvalue weighted by Gasteiger charge is -2.18. The molecule has 1 heterocycles. The molecular formula is C16H20N2O3S2. The van der Waals surface area contributed by atoms with Gasteiger partial charge in [0.2, 0.25) is 0 Å². The lowest BCUT2D eigenvalue weighted by atomic mass is 10.1. The molecule has 1 aromatic carbocycles. The summed E-state index contributed by atoms with van der Waals surface area (Å²) in [6.07, 6.45) is 0.822.